The van der Waals surface area contributed by atoms with E-state index < -0.39 is 5.91 Å². The number of amides is 2. The summed E-state index contributed by atoms with van der Waals surface area (Å²) in [6.07, 6.45) is 4.38. The average Bonchev–Trinajstić information content (AvgIpc) is 3.20. The summed E-state index contributed by atoms with van der Waals surface area (Å²) < 4.78 is 0. The molecule has 2 aliphatic rings. The van der Waals surface area contributed by atoms with Crippen molar-refractivity contribution in [1.82, 2.24) is 14.9 Å². The van der Waals surface area contributed by atoms with Gasteiger partial charge in [0.15, 0.2) is 0 Å². The number of carbonyl (C=O) groups is 2. The second kappa shape index (κ2) is 4.04. The summed E-state index contributed by atoms with van der Waals surface area (Å²) in [5.74, 6) is -0.193. The van der Waals surface area contributed by atoms with Crippen molar-refractivity contribution in [2.24, 2.45) is 11.7 Å². The van der Waals surface area contributed by atoms with Gasteiger partial charge < -0.3 is 10.6 Å². The molecule has 0 radical (unpaired) electrons. The molecule has 2 heterocycles. The number of nitrogens with zero attached hydrogens (tertiary/aromatic N) is 3. The molecule has 0 aromatic carbocycles. The van der Waals surface area contributed by atoms with E-state index in [4.69, 9.17) is 5.73 Å². The zero-order valence-corrected chi connectivity index (χ0v) is 9.93. The van der Waals surface area contributed by atoms with Crippen LogP contribution in [0, 0.1) is 5.92 Å². The number of nitrogens with two attached hydrogens (primary N) is 1. The number of hydrogen-bond acceptors (Lipinski definition) is 4. The van der Waals surface area contributed by atoms with Crippen LogP contribution in [0.4, 0.5) is 0 Å². The smallest absolute Gasteiger partial charge is 0.286 e. The van der Waals surface area contributed by atoms with Gasteiger partial charge in [0, 0.05) is 18.7 Å². The molecule has 2 amide bonds. The van der Waals surface area contributed by atoms with Crippen molar-refractivity contribution in [2.75, 3.05) is 6.54 Å². The lowest BCUT2D eigenvalue weighted by molar-refractivity contribution is -0.133. The van der Waals surface area contributed by atoms with Gasteiger partial charge in [-0.15, -0.1) is 0 Å². The van der Waals surface area contributed by atoms with E-state index >= 15 is 0 Å². The van der Waals surface area contributed by atoms with E-state index in [0.29, 0.717) is 13.1 Å². The van der Waals surface area contributed by atoms with Crippen molar-refractivity contribution in [2.45, 2.75) is 25.8 Å². The Morgan fingerprint density at radius 3 is 2.83 bits per heavy atom. The minimum atomic E-state index is -0.636. The van der Waals surface area contributed by atoms with Crippen molar-refractivity contribution < 1.29 is 9.59 Å². The van der Waals surface area contributed by atoms with Crippen LogP contribution in [0.2, 0.25) is 0 Å². The van der Waals surface area contributed by atoms with Crippen molar-refractivity contribution >= 4 is 11.8 Å². The molecule has 1 aromatic heterocycles. The summed E-state index contributed by atoms with van der Waals surface area (Å²) in [5, 5.41) is 0. The molecule has 2 N–H and O–H groups in total. The molecule has 0 unspecified atom stereocenters. The Balaban J connectivity index is 1.83. The minimum Gasteiger partial charge on any atom is -0.363 e. The summed E-state index contributed by atoms with van der Waals surface area (Å²) >= 11 is 0. The average molecular weight is 246 g/mol. The van der Waals surface area contributed by atoms with Gasteiger partial charge in [0.05, 0.1) is 12.2 Å². The zero-order valence-electron chi connectivity index (χ0n) is 9.93. The van der Waals surface area contributed by atoms with Crippen LogP contribution < -0.4 is 5.73 Å². The first kappa shape index (κ1) is 11.1. The van der Waals surface area contributed by atoms with Gasteiger partial charge in [0.2, 0.25) is 11.7 Å². The summed E-state index contributed by atoms with van der Waals surface area (Å²) in [5.41, 5.74) is 6.90. The monoisotopic (exact) mass is 246 g/mol. The summed E-state index contributed by atoms with van der Waals surface area (Å²) in [6.45, 7) is 1.18. The fraction of sp³-hybridized carbons (Fsp3) is 0.500. The normalized spacial score (nSPS) is 18.3. The summed E-state index contributed by atoms with van der Waals surface area (Å²) in [7, 11) is 0. The van der Waals surface area contributed by atoms with Crippen LogP contribution in [-0.4, -0.2) is 33.2 Å². The number of aromatic nitrogens is 2. The number of hydrogen-bond donors (Lipinski definition) is 1. The molecule has 0 saturated heterocycles. The van der Waals surface area contributed by atoms with Crippen LogP contribution >= 0.6 is 0 Å². The van der Waals surface area contributed by atoms with Gasteiger partial charge in [0.25, 0.3) is 5.91 Å². The standard InChI is InChI=1S/C12H14N4O2/c13-10(17)11-14-5-8-3-4-16(6-9(8)15-11)12(18)7-1-2-7/h5,7H,1-4,6H2,(H2,13,17). The predicted octanol–water partition coefficient (Wildman–Crippen LogP) is -0.130. The lowest BCUT2D eigenvalue weighted by atomic mass is 10.1. The highest BCUT2D eigenvalue weighted by molar-refractivity contribution is 5.88. The minimum absolute atomic E-state index is 0.0227. The molecule has 3 rings (SSSR count). The second-order valence-corrected chi connectivity index (χ2v) is 4.81. The highest BCUT2D eigenvalue weighted by atomic mass is 16.2. The van der Waals surface area contributed by atoms with Crippen LogP contribution in [0.15, 0.2) is 6.20 Å². The topological polar surface area (TPSA) is 89.2 Å². The molecule has 0 spiro atoms. The van der Waals surface area contributed by atoms with E-state index in [9.17, 15) is 9.59 Å². The van der Waals surface area contributed by atoms with E-state index in [2.05, 4.69) is 9.97 Å². The van der Waals surface area contributed by atoms with Gasteiger partial charge >= 0.3 is 0 Å². The molecule has 6 nitrogen and oxygen atoms in total. The zero-order chi connectivity index (χ0) is 12.7. The third-order valence-electron chi connectivity index (χ3n) is 3.40. The number of fused-ring (bicyclic) bond motifs is 1. The Morgan fingerprint density at radius 1 is 1.39 bits per heavy atom. The third-order valence-corrected chi connectivity index (χ3v) is 3.40. The lowest BCUT2D eigenvalue weighted by Crippen LogP contribution is -2.37. The predicted molar refractivity (Wildman–Crippen MR) is 62.4 cm³/mol. The first-order valence-electron chi connectivity index (χ1n) is 6.08. The van der Waals surface area contributed by atoms with Gasteiger partial charge in [-0.05, 0) is 24.8 Å². The molecule has 1 fully saturated rings. The lowest BCUT2D eigenvalue weighted by Gasteiger charge is -2.28. The second-order valence-electron chi connectivity index (χ2n) is 4.81. The quantitative estimate of drug-likeness (QED) is 0.787. The van der Waals surface area contributed by atoms with Crippen molar-refractivity contribution in [3.8, 4) is 0 Å². The highest BCUT2D eigenvalue weighted by Gasteiger charge is 2.35. The Hall–Kier alpha value is -1.98. The Kier molecular flexibility index (Phi) is 2.50. The Bertz CT molecular complexity index is 525. The van der Waals surface area contributed by atoms with Gasteiger partial charge in [0.1, 0.15) is 0 Å². The van der Waals surface area contributed by atoms with E-state index in [0.717, 1.165) is 30.5 Å². The van der Waals surface area contributed by atoms with E-state index in [-0.39, 0.29) is 17.6 Å². The van der Waals surface area contributed by atoms with Gasteiger partial charge in [-0.3, -0.25) is 9.59 Å². The first-order valence-corrected chi connectivity index (χ1v) is 6.08. The maximum absolute atomic E-state index is 12.0. The number of rotatable bonds is 2. The first-order chi connectivity index (χ1) is 8.65. The molecule has 1 saturated carbocycles. The van der Waals surface area contributed by atoms with Crippen LogP contribution in [0.5, 0.6) is 0 Å². The number of carbonyl (C=O) groups excluding carboxylic acids is 2. The van der Waals surface area contributed by atoms with Crippen LogP contribution in [-0.2, 0) is 17.8 Å². The van der Waals surface area contributed by atoms with Crippen molar-refractivity contribution in [3.05, 3.63) is 23.3 Å². The fourth-order valence-corrected chi connectivity index (χ4v) is 2.20. The maximum atomic E-state index is 12.0. The van der Waals surface area contributed by atoms with Gasteiger partial charge in [-0.1, -0.05) is 0 Å². The van der Waals surface area contributed by atoms with Crippen LogP contribution in [0.25, 0.3) is 0 Å². The van der Waals surface area contributed by atoms with E-state index in [1.807, 2.05) is 4.90 Å². The molecule has 1 aromatic rings. The van der Waals surface area contributed by atoms with Crippen LogP contribution in [0.3, 0.4) is 0 Å². The Morgan fingerprint density at radius 2 is 2.17 bits per heavy atom. The molecular weight excluding hydrogens is 232 g/mol. The summed E-state index contributed by atoms with van der Waals surface area (Å²) in [6, 6.07) is 0. The maximum Gasteiger partial charge on any atom is 0.286 e. The highest BCUT2D eigenvalue weighted by Crippen LogP contribution is 2.32. The van der Waals surface area contributed by atoms with Crippen molar-refractivity contribution in [3.63, 3.8) is 0 Å². The molecule has 0 bridgehead atoms. The third kappa shape index (κ3) is 1.94. The van der Waals surface area contributed by atoms with E-state index in [1.54, 1.807) is 6.20 Å². The summed E-state index contributed by atoms with van der Waals surface area (Å²) in [4.78, 5) is 32.9. The molecule has 1 aliphatic carbocycles. The number of primary amides is 1. The van der Waals surface area contributed by atoms with Crippen LogP contribution in [0.1, 0.15) is 34.7 Å². The Labute approximate surface area is 104 Å². The molecule has 94 valence electrons. The molecule has 0 atom stereocenters. The SMILES string of the molecule is NC(=O)c1ncc2c(n1)CN(C(=O)C1CC1)CC2. The largest absolute Gasteiger partial charge is 0.363 e. The van der Waals surface area contributed by atoms with Crippen molar-refractivity contribution in [1.29, 1.82) is 0 Å². The fourth-order valence-electron chi connectivity index (χ4n) is 2.20. The van der Waals surface area contributed by atoms with Gasteiger partial charge in [-0.2, -0.15) is 0 Å². The molecule has 18 heavy (non-hydrogen) atoms. The molecule has 1 aliphatic heterocycles. The molecular formula is C12H14N4O2. The van der Waals surface area contributed by atoms with Gasteiger partial charge in [-0.25, -0.2) is 9.97 Å². The van der Waals surface area contributed by atoms with E-state index in [1.165, 1.54) is 0 Å². The molecule has 6 heteroatoms.